The first-order valence-corrected chi connectivity index (χ1v) is 8.73. The van der Waals surface area contributed by atoms with Crippen LogP contribution >= 0.6 is 11.3 Å². The molecule has 5 nitrogen and oxygen atoms in total. The van der Waals surface area contributed by atoms with Crippen LogP contribution in [-0.4, -0.2) is 18.4 Å². The van der Waals surface area contributed by atoms with Crippen LogP contribution in [0.5, 0.6) is 5.75 Å². The van der Waals surface area contributed by atoms with Crippen molar-refractivity contribution in [3.05, 3.63) is 51.7 Å². The van der Waals surface area contributed by atoms with Crippen molar-refractivity contribution in [3.63, 3.8) is 0 Å². The molecule has 1 aromatic carbocycles. The summed E-state index contributed by atoms with van der Waals surface area (Å²) in [6.07, 6.45) is 1.99. The number of nitrogens with one attached hydrogen (secondary N) is 2. The Balaban J connectivity index is 1.64. The zero-order valence-electron chi connectivity index (χ0n) is 13.9. The lowest BCUT2D eigenvalue weighted by molar-refractivity contribution is -0.130. The van der Waals surface area contributed by atoms with Crippen molar-refractivity contribution in [1.82, 2.24) is 10.9 Å². The van der Waals surface area contributed by atoms with E-state index in [2.05, 4.69) is 16.9 Å². The average molecular weight is 346 g/mol. The molecule has 24 heavy (non-hydrogen) atoms. The molecule has 0 radical (unpaired) electrons. The lowest BCUT2D eigenvalue weighted by Crippen LogP contribution is -2.43. The predicted octanol–water partition coefficient (Wildman–Crippen LogP) is 2.91. The van der Waals surface area contributed by atoms with Crippen molar-refractivity contribution in [2.75, 3.05) is 6.61 Å². The van der Waals surface area contributed by atoms with Crippen LogP contribution in [0.15, 0.2) is 35.7 Å². The van der Waals surface area contributed by atoms with Gasteiger partial charge in [-0.05, 0) is 49.3 Å². The number of hydrazine groups is 1. The smallest absolute Gasteiger partial charge is 0.276 e. The summed E-state index contributed by atoms with van der Waals surface area (Å²) < 4.78 is 5.53. The Labute approximate surface area is 146 Å². The predicted molar refractivity (Wildman–Crippen MR) is 95.0 cm³/mol. The van der Waals surface area contributed by atoms with Gasteiger partial charge >= 0.3 is 0 Å². The van der Waals surface area contributed by atoms with Crippen molar-refractivity contribution in [1.29, 1.82) is 0 Å². The maximum absolute atomic E-state index is 11.8. The van der Waals surface area contributed by atoms with Crippen LogP contribution in [0.2, 0.25) is 0 Å². The van der Waals surface area contributed by atoms with E-state index in [0.29, 0.717) is 12.2 Å². The molecule has 0 bridgehead atoms. The average Bonchev–Trinajstić information content (AvgIpc) is 3.06. The zero-order chi connectivity index (χ0) is 17.4. The minimum atomic E-state index is -0.385. The fourth-order valence-corrected chi connectivity index (χ4v) is 3.03. The van der Waals surface area contributed by atoms with Crippen LogP contribution in [0.1, 0.15) is 28.8 Å². The summed E-state index contributed by atoms with van der Waals surface area (Å²) in [6.45, 7) is 3.71. The first kappa shape index (κ1) is 18.0. The molecule has 0 aliphatic carbocycles. The molecule has 2 N–H and O–H groups in total. The van der Waals surface area contributed by atoms with Gasteiger partial charge in [0, 0.05) is 11.3 Å². The summed E-state index contributed by atoms with van der Waals surface area (Å²) in [7, 11) is 0. The molecule has 1 aromatic heterocycles. The monoisotopic (exact) mass is 346 g/mol. The van der Waals surface area contributed by atoms with E-state index in [1.54, 1.807) is 11.3 Å². The van der Waals surface area contributed by atoms with E-state index in [1.165, 1.54) is 4.88 Å². The standard InChI is InChI=1S/C18H22N2O3S/c1-13-6-3-7-14(2)18(13)23-12-17(22)20-19-16(21)10-4-8-15-9-5-11-24-15/h3,5-7,9,11H,4,8,10,12H2,1-2H3,(H,19,21)(H,20,22). The number of rotatable bonds is 7. The number of ether oxygens (including phenoxy) is 1. The van der Waals surface area contributed by atoms with Crippen LogP contribution in [0.4, 0.5) is 0 Å². The number of amides is 2. The largest absolute Gasteiger partial charge is 0.483 e. The van der Waals surface area contributed by atoms with Crippen molar-refractivity contribution in [2.24, 2.45) is 0 Å². The topological polar surface area (TPSA) is 67.4 Å². The molecule has 0 saturated heterocycles. The molecule has 2 rings (SSSR count). The molecular formula is C18H22N2O3S. The van der Waals surface area contributed by atoms with Gasteiger partial charge in [0.05, 0.1) is 0 Å². The maximum Gasteiger partial charge on any atom is 0.276 e. The van der Waals surface area contributed by atoms with Gasteiger partial charge in [0.25, 0.3) is 5.91 Å². The third-order valence-electron chi connectivity index (χ3n) is 3.50. The Hall–Kier alpha value is -2.34. The number of hydrogen-bond donors (Lipinski definition) is 2. The Morgan fingerprint density at radius 2 is 1.75 bits per heavy atom. The molecule has 0 aliphatic rings. The second kappa shape index (κ2) is 9.08. The van der Waals surface area contributed by atoms with Crippen LogP contribution < -0.4 is 15.6 Å². The van der Waals surface area contributed by atoms with Gasteiger partial charge in [0.2, 0.25) is 5.91 Å². The van der Waals surface area contributed by atoms with Gasteiger partial charge in [0.15, 0.2) is 6.61 Å². The van der Waals surface area contributed by atoms with Crippen molar-refractivity contribution in [2.45, 2.75) is 33.1 Å². The molecule has 0 fully saturated rings. The molecule has 0 spiro atoms. The van der Waals surface area contributed by atoms with Gasteiger partial charge in [-0.1, -0.05) is 24.3 Å². The number of carbonyl (C=O) groups excluding carboxylic acids is 2. The Kier molecular flexibility index (Phi) is 6.81. The van der Waals surface area contributed by atoms with E-state index in [1.807, 2.05) is 43.5 Å². The highest BCUT2D eigenvalue weighted by Gasteiger charge is 2.08. The van der Waals surface area contributed by atoms with E-state index in [4.69, 9.17) is 4.74 Å². The van der Waals surface area contributed by atoms with E-state index in [9.17, 15) is 9.59 Å². The number of hydrogen-bond acceptors (Lipinski definition) is 4. The molecule has 2 amide bonds. The van der Waals surface area contributed by atoms with Crippen molar-refractivity contribution >= 4 is 23.2 Å². The molecule has 2 aromatic rings. The highest BCUT2D eigenvalue weighted by Crippen LogP contribution is 2.21. The van der Waals surface area contributed by atoms with Gasteiger partial charge in [-0.15, -0.1) is 11.3 Å². The van der Waals surface area contributed by atoms with Crippen LogP contribution in [0.25, 0.3) is 0 Å². The van der Waals surface area contributed by atoms with E-state index >= 15 is 0 Å². The van der Waals surface area contributed by atoms with Gasteiger partial charge in [-0.3, -0.25) is 20.4 Å². The summed E-state index contributed by atoms with van der Waals surface area (Å²) in [6, 6.07) is 9.84. The fraction of sp³-hybridized carbons (Fsp3) is 0.333. The zero-order valence-corrected chi connectivity index (χ0v) is 14.7. The molecule has 1 heterocycles. The second-order valence-electron chi connectivity index (χ2n) is 5.54. The normalized spacial score (nSPS) is 10.2. The van der Waals surface area contributed by atoms with Gasteiger partial charge in [-0.25, -0.2) is 0 Å². The summed E-state index contributed by atoms with van der Waals surface area (Å²) in [4.78, 5) is 24.7. The van der Waals surface area contributed by atoms with Gasteiger partial charge < -0.3 is 4.74 Å². The number of benzene rings is 1. The first-order valence-electron chi connectivity index (χ1n) is 7.85. The molecule has 0 aliphatic heterocycles. The van der Waals surface area contributed by atoms with Crippen LogP contribution in [0.3, 0.4) is 0 Å². The molecular weight excluding hydrogens is 324 g/mol. The minimum absolute atomic E-state index is 0.138. The summed E-state index contributed by atoms with van der Waals surface area (Å²) in [5.74, 6) is 0.117. The highest BCUT2D eigenvalue weighted by atomic mass is 32.1. The fourth-order valence-electron chi connectivity index (χ4n) is 2.28. The third-order valence-corrected chi connectivity index (χ3v) is 4.44. The summed E-state index contributed by atoms with van der Waals surface area (Å²) in [5, 5.41) is 2.02. The molecule has 0 unspecified atom stereocenters. The van der Waals surface area contributed by atoms with Gasteiger partial charge in [-0.2, -0.15) is 0 Å². The van der Waals surface area contributed by atoms with Gasteiger partial charge in [0.1, 0.15) is 5.75 Å². The molecule has 0 saturated carbocycles. The SMILES string of the molecule is Cc1cccc(C)c1OCC(=O)NNC(=O)CCCc1cccs1. The molecule has 0 atom stereocenters. The second-order valence-corrected chi connectivity index (χ2v) is 6.57. The third kappa shape index (κ3) is 5.70. The maximum atomic E-state index is 11.8. The number of thiophene rings is 1. The number of carbonyl (C=O) groups is 2. The minimum Gasteiger partial charge on any atom is -0.483 e. The molecule has 128 valence electrons. The number of aryl methyl sites for hydroxylation is 3. The van der Waals surface area contributed by atoms with E-state index < -0.39 is 0 Å². The lowest BCUT2D eigenvalue weighted by atomic mass is 10.1. The van der Waals surface area contributed by atoms with Crippen molar-refractivity contribution < 1.29 is 14.3 Å². The quantitative estimate of drug-likeness (QED) is 0.758. The van der Waals surface area contributed by atoms with E-state index in [-0.39, 0.29) is 18.4 Å². The lowest BCUT2D eigenvalue weighted by Gasteiger charge is -2.12. The molecule has 6 heteroatoms. The van der Waals surface area contributed by atoms with Crippen LogP contribution in [-0.2, 0) is 16.0 Å². The Bertz CT molecular complexity index is 663. The Morgan fingerprint density at radius 1 is 1.04 bits per heavy atom. The number of para-hydroxylation sites is 1. The van der Waals surface area contributed by atoms with E-state index in [0.717, 1.165) is 24.0 Å². The Morgan fingerprint density at radius 3 is 2.42 bits per heavy atom. The highest BCUT2D eigenvalue weighted by molar-refractivity contribution is 7.09. The summed E-state index contributed by atoms with van der Waals surface area (Å²) in [5.41, 5.74) is 6.73. The van der Waals surface area contributed by atoms with Crippen LogP contribution in [0, 0.1) is 13.8 Å². The van der Waals surface area contributed by atoms with Crippen molar-refractivity contribution in [3.8, 4) is 5.75 Å². The summed E-state index contributed by atoms with van der Waals surface area (Å²) >= 11 is 1.68. The first-order chi connectivity index (χ1) is 11.6.